The molecule has 2 aliphatic rings. The van der Waals surface area contributed by atoms with Gasteiger partial charge >= 0.3 is 0 Å². The van der Waals surface area contributed by atoms with Crippen molar-refractivity contribution in [2.24, 2.45) is 5.92 Å². The second-order valence-electron chi connectivity index (χ2n) is 6.11. The third-order valence-corrected chi connectivity index (χ3v) is 5.02. The van der Waals surface area contributed by atoms with Crippen LogP contribution in [0.3, 0.4) is 0 Å². The second kappa shape index (κ2) is 5.98. The van der Waals surface area contributed by atoms with Crippen LogP contribution in [0.2, 0.25) is 0 Å². The van der Waals surface area contributed by atoms with Crippen LogP contribution in [0, 0.1) is 5.92 Å². The van der Waals surface area contributed by atoms with Crippen LogP contribution in [0.1, 0.15) is 12.8 Å². The van der Waals surface area contributed by atoms with Gasteiger partial charge in [0.25, 0.3) is 0 Å². The molecule has 2 heterocycles. The van der Waals surface area contributed by atoms with Crippen molar-refractivity contribution in [1.82, 2.24) is 9.97 Å². The van der Waals surface area contributed by atoms with Gasteiger partial charge < -0.3 is 24.3 Å². The first-order valence-corrected chi connectivity index (χ1v) is 8.08. The summed E-state index contributed by atoms with van der Waals surface area (Å²) in [6.07, 6.45) is 4.06. The first kappa shape index (κ1) is 15.3. The third-order valence-electron chi connectivity index (χ3n) is 5.02. The van der Waals surface area contributed by atoms with Gasteiger partial charge in [-0.3, -0.25) is 0 Å². The Morgan fingerprint density at radius 2 is 1.96 bits per heavy atom. The largest absolute Gasteiger partial charge is 0.493 e. The molecule has 24 heavy (non-hydrogen) atoms. The normalized spacial score (nSPS) is 25.0. The van der Waals surface area contributed by atoms with E-state index in [1.807, 2.05) is 6.07 Å². The lowest BCUT2D eigenvalue weighted by Crippen LogP contribution is -2.47. The number of anilines is 1. The van der Waals surface area contributed by atoms with Crippen LogP contribution in [-0.2, 0) is 4.74 Å². The lowest BCUT2D eigenvalue weighted by atomic mass is 9.76. The van der Waals surface area contributed by atoms with Crippen molar-refractivity contribution < 1.29 is 18.9 Å². The van der Waals surface area contributed by atoms with Crippen molar-refractivity contribution >= 4 is 16.7 Å². The van der Waals surface area contributed by atoms with Gasteiger partial charge in [-0.25, -0.2) is 9.97 Å². The number of aromatic nitrogens is 2. The van der Waals surface area contributed by atoms with E-state index in [4.69, 9.17) is 18.9 Å². The molecule has 1 aromatic carbocycles. The molecule has 2 aromatic rings. The van der Waals surface area contributed by atoms with E-state index < -0.39 is 0 Å². The zero-order valence-corrected chi connectivity index (χ0v) is 14.0. The highest BCUT2D eigenvalue weighted by atomic mass is 16.5. The molecule has 1 aromatic heterocycles. The molecule has 1 saturated carbocycles. The van der Waals surface area contributed by atoms with Crippen molar-refractivity contribution in [2.45, 2.75) is 25.0 Å². The number of hydrogen-bond donors (Lipinski definition) is 1. The maximum Gasteiger partial charge on any atom is 0.205 e. The first-order chi connectivity index (χ1) is 11.8. The van der Waals surface area contributed by atoms with Crippen molar-refractivity contribution in [3.63, 3.8) is 0 Å². The molecule has 3 atom stereocenters. The molecule has 7 nitrogen and oxygen atoms in total. The number of rotatable bonds is 5. The number of ether oxygens (including phenoxy) is 4. The maximum absolute atomic E-state index is 5.68. The van der Waals surface area contributed by atoms with Gasteiger partial charge in [0, 0.05) is 18.6 Å². The fraction of sp³-hybridized carbons (Fsp3) is 0.529. The number of nitrogens with zero attached hydrogens (tertiary/aromatic N) is 2. The van der Waals surface area contributed by atoms with Gasteiger partial charge in [-0.15, -0.1) is 0 Å². The zero-order valence-electron chi connectivity index (χ0n) is 14.0. The van der Waals surface area contributed by atoms with Crippen LogP contribution < -0.4 is 19.5 Å². The van der Waals surface area contributed by atoms with Gasteiger partial charge in [0.2, 0.25) is 5.75 Å². The summed E-state index contributed by atoms with van der Waals surface area (Å²) in [7, 11) is 4.78. The van der Waals surface area contributed by atoms with Gasteiger partial charge in [-0.1, -0.05) is 0 Å². The van der Waals surface area contributed by atoms with E-state index in [0.29, 0.717) is 40.8 Å². The Morgan fingerprint density at radius 1 is 1.12 bits per heavy atom. The zero-order chi connectivity index (χ0) is 16.7. The Bertz CT molecular complexity index is 767. The Kier molecular flexibility index (Phi) is 3.80. The average Bonchev–Trinajstić information content (AvgIpc) is 2.98. The molecule has 0 spiro atoms. The second-order valence-corrected chi connectivity index (χ2v) is 6.11. The van der Waals surface area contributed by atoms with E-state index in [2.05, 4.69) is 15.3 Å². The molecule has 4 rings (SSSR count). The molecule has 0 radical (unpaired) electrons. The van der Waals surface area contributed by atoms with Gasteiger partial charge in [-0.05, 0) is 18.9 Å². The lowest BCUT2D eigenvalue weighted by Gasteiger charge is -2.39. The van der Waals surface area contributed by atoms with E-state index in [0.717, 1.165) is 30.7 Å². The van der Waals surface area contributed by atoms with Gasteiger partial charge in [0.15, 0.2) is 11.5 Å². The van der Waals surface area contributed by atoms with Crippen LogP contribution in [0.5, 0.6) is 17.2 Å². The van der Waals surface area contributed by atoms with Gasteiger partial charge in [0.1, 0.15) is 17.7 Å². The third kappa shape index (κ3) is 2.23. The molecule has 1 aliphatic heterocycles. The van der Waals surface area contributed by atoms with E-state index in [9.17, 15) is 0 Å². The van der Waals surface area contributed by atoms with Crippen LogP contribution in [0.4, 0.5) is 5.82 Å². The number of nitrogens with one attached hydrogen (secondary N) is 1. The topological polar surface area (TPSA) is 74.7 Å². The standard InChI is InChI=1S/C17H21N3O4/c1-21-13-6-10-14(16(23-3)15(13)22-2)18-8-19-17(10)20-11-7-12-9(11)4-5-24-12/h6,8-9,11-12H,4-5,7H2,1-3H3,(H,18,19,20)/t9-,11+,12+/m0/s1. The highest BCUT2D eigenvalue weighted by Crippen LogP contribution is 2.45. The Labute approximate surface area is 140 Å². The average molecular weight is 331 g/mol. The summed E-state index contributed by atoms with van der Waals surface area (Å²) in [6, 6.07) is 2.27. The molecule has 1 N–H and O–H groups in total. The predicted molar refractivity (Wildman–Crippen MR) is 89.1 cm³/mol. The number of methoxy groups -OCH3 is 3. The molecule has 0 unspecified atom stereocenters. The summed E-state index contributed by atoms with van der Waals surface area (Å²) in [6.45, 7) is 0.858. The van der Waals surface area contributed by atoms with Crippen molar-refractivity contribution in [3.05, 3.63) is 12.4 Å². The minimum atomic E-state index is 0.384. The summed E-state index contributed by atoms with van der Waals surface area (Å²) >= 11 is 0. The van der Waals surface area contributed by atoms with E-state index in [1.165, 1.54) is 0 Å². The smallest absolute Gasteiger partial charge is 0.205 e. The number of fused-ring (bicyclic) bond motifs is 2. The van der Waals surface area contributed by atoms with Crippen molar-refractivity contribution in [3.8, 4) is 17.2 Å². The maximum atomic E-state index is 5.68. The molecule has 0 amide bonds. The Morgan fingerprint density at radius 3 is 2.67 bits per heavy atom. The van der Waals surface area contributed by atoms with Crippen LogP contribution in [-0.4, -0.2) is 50.1 Å². The van der Waals surface area contributed by atoms with Crippen LogP contribution in [0.15, 0.2) is 12.4 Å². The summed E-state index contributed by atoms with van der Waals surface area (Å²) in [4.78, 5) is 8.81. The Hall–Kier alpha value is -2.28. The van der Waals surface area contributed by atoms with E-state index in [-0.39, 0.29) is 0 Å². The summed E-state index contributed by atoms with van der Waals surface area (Å²) in [5, 5.41) is 4.41. The van der Waals surface area contributed by atoms with Crippen molar-refractivity contribution in [1.29, 1.82) is 0 Å². The fourth-order valence-electron chi connectivity index (χ4n) is 3.72. The molecule has 2 fully saturated rings. The predicted octanol–water partition coefficient (Wildman–Crippen LogP) is 2.24. The monoisotopic (exact) mass is 331 g/mol. The highest BCUT2D eigenvalue weighted by Gasteiger charge is 2.45. The number of hydrogen-bond acceptors (Lipinski definition) is 7. The lowest BCUT2D eigenvalue weighted by molar-refractivity contribution is 0.0247. The van der Waals surface area contributed by atoms with Crippen LogP contribution >= 0.6 is 0 Å². The summed E-state index contributed by atoms with van der Waals surface area (Å²) < 4.78 is 22.1. The first-order valence-electron chi connectivity index (χ1n) is 8.08. The molecule has 1 aliphatic carbocycles. The SMILES string of the molecule is COc1cc2c(N[C@@H]3C[C@H]4OCC[C@@H]34)ncnc2c(OC)c1OC. The molecule has 128 valence electrons. The van der Waals surface area contributed by atoms with Crippen molar-refractivity contribution in [2.75, 3.05) is 33.3 Å². The Balaban J connectivity index is 1.76. The van der Waals surface area contributed by atoms with Gasteiger partial charge in [0.05, 0.1) is 32.8 Å². The van der Waals surface area contributed by atoms with E-state index in [1.54, 1.807) is 27.7 Å². The molecule has 7 heteroatoms. The molecular formula is C17H21N3O4. The minimum Gasteiger partial charge on any atom is -0.493 e. The molecular weight excluding hydrogens is 310 g/mol. The van der Waals surface area contributed by atoms with Gasteiger partial charge in [-0.2, -0.15) is 0 Å². The van der Waals surface area contributed by atoms with Crippen LogP contribution in [0.25, 0.3) is 10.9 Å². The van der Waals surface area contributed by atoms with E-state index >= 15 is 0 Å². The minimum absolute atomic E-state index is 0.384. The summed E-state index contributed by atoms with van der Waals surface area (Å²) in [5.41, 5.74) is 0.700. The fourth-order valence-corrected chi connectivity index (χ4v) is 3.72. The number of benzene rings is 1. The summed E-state index contributed by atoms with van der Waals surface area (Å²) in [5.74, 6) is 3.03. The molecule has 0 bridgehead atoms. The quantitative estimate of drug-likeness (QED) is 0.900. The highest BCUT2D eigenvalue weighted by molar-refractivity contribution is 5.96. The molecule has 1 saturated heterocycles.